The van der Waals surface area contributed by atoms with E-state index < -0.39 is 12.2 Å². The second-order valence-corrected chi connectivity index (χ2v) is 12.8. The number of urea groups is 1. The number of amides is 4. The molecule has 4 aromatic rings. The number of carbonyl (C=O) groups excluding carboxylic acids is 3. The van der Waals surface area contributed by atoms with Crippen molar-refractivity contribution >= 4 is 50.2 Å². The molecule has 0 radical (unpaired) electrons. The summed E-state index contributed by atoms with van der Waals surface area (Å²) in [5, 5.41) is 6.74. The third-order valence-electron chi connectivity index (χ3n) is 8.46. The van der Waals surface area contributed by atoms with Crippen LogP contribution in [-0.4, -0.2) is 88.6 Å². The Morgan fingerprint density at radius 1 is 1.07 bits per heavy atom. The minimum Gasteiger partial charge on any atom is -0.378 e. The predicted molar refractivity (Wildman–Crippen MR) is 181 cm³/mol. The van der Waals surface area contributed by atoms with Gasteiger partial charge in [0.2, 0.25) is 11.8 Å². The maximum absolute atomic E-state index is 14.3. The molecule has 11 nitrogen and oxygen atoms in total. The lowest BCUT2D eigenvalue weighted by molar-refractivity contribution is -0.157. The van der Waals surface area contributed by atoms with Crippen LogP contribution in [0.4, 0.5) is 15.6 Å². The molecule has 3 heterocycles. The Kier molecular flexibility index (Phi) is 8.91. The molecule has 2 saturated heterocycles. The first kappa shape index (κ1) is 31.1. The molecule has 4 amide bonds. The Morgan fingerprint density at radius 2 is 1.83 bits per heavy atom. The van der Waals surface area contributed by atoms with Gasteiger partial charge in [-0.25, -0.2) is 9.78 Å². The van der Waals surface area contributed by atoms with Crippen LogP contribution in [0.5, 0.6) is 0 Å². The van der Waals surface area contributed by atoms with Crippen molar-refractivity contribution in [3.8, 4) is 0 Å². The van der Waals surface area contributed by atoms with Gasteiger partial charge in [0.05, 0.1) is 29.9 Å². The van der Waals surface area contributed by atoms with Gasteiger partial charge in [-0.3, -0.25) is 14.6 Å². The smallest absolute Gasteiger partial charge is 0.332 e. The molecule has 0 saturated carbocycles. The van der Waals surface area contributed by atoms with Gasteiger partial charge in [-0.1, -0.05) is 72.0 Å². The van der Waals surface area contributed by atoms with Gasteiger partial charge in [0, 0.05) is 39.3 Å². The van der Waals surface area contributed by atoms with Crippen LogP contribution in [0.25, 0.3) is 10.2 Å². The molecule has 2 aliphatic rings. The Labute approximate surface area is 272 Å². The first-order valence-electron chi connectivity index (χ1n) is 15.2. The van der Waals surface area contributed by atoms with Gasteiger partial charge in [0.15, 0.2) is 5.13 Å². The number of hydrogen-bond donors (Lipinski definition) is 2. The fourth-order valence-corrected chi connectivity index (χ4v) is 6.97. The third kappa shape index (κ3) is 6.26. The summed E-state index contributed by atoms with van der Waals surface area (Å²) in [5.41, 5.74) is 10.6. The second kappa shape index (κ2) is 13.2. The van der Waals surface area contributed by atoms with E-state index in [0.717, 1.165) is 32.6 Å². The van der Waals surface area contributed by atoms with Crippen molar-refractivity contribution in [3.63, 3.8) is 0 Å². The van der Waals surface area contributed by atoms with Gasteiger partial charge in [0.25, 0.3) is 0 Å². The standard InChI is InChI=1S/C34H38N8O3S/c1-4-17-40(34(45)36-19-24-9-6-5-7-10-24)41-22-30(43)42-27(18-23-13-15-26(16-14-23)38(2)3)32(44)39(21-29(41)42)20-25-11-8-12-28-31(25)37-33(35)46-28/h4-16,27,29H,1,17-22H2,2-3H3,(H2,35,37)(H,36,45)/t27-,29+/m0/s1. The molecule has 3 N–H and O–H groups in total. The van der Waals surface area contributed by atoms with E-state index >= 15 is 0 Å². The van der Waals surface area contributed by atoms with Crippen LogP contribution in [0.3, 0.4) is 0 Å². The lowest BCUT2D eigenvalue weighted by atomic mass is 9.99. The van der Waals surface area contributed by atoms with Crippen LogP contribution in [0.2, 0.25) is 0 Å². The highest BCUT2D eigenvalue weighted by molar-refractivity contribution is 7.22. The summed E-state index contributed by atoms with van der Waals surface area (Å²) in [7, 11) is 3.95. The van der Waals surface area contributed by atoms with E-state index in [1.165, 1.54) is 16.3 Å². The zero-order chi connectivity index (χ0) is 32.4. The molecule has 238 valence electrons. The molecule has 0 spiro atoms. The lowest BCUT2D eigenvalue weighted by Crippen LogP contribution is -2.66. The van der Waals surface area contributed by atoms with Crippen molar-refractivity contribution in [3.05, 3.63) is 102 Å². The summed E-state index contributed by atoms with van der Waals surface area (Å²) < 4.78 is 0.948. The monoisotopic (exact) mass is 638 g/mol. The van der Waals surface area contributed by atoms with E-state index in [-0.39, 0.29) is 37.5 Å². The molecule has 3 aromatic carbocycles. The number of rotatable bonds is 10. The normalized spacial score (nSPS) is 18.1. The summed E-state index contributed by atoms with van der Waals surface area (Å²) in [4.78, 5) is 51.7. The molecule has 1 aromatic heterocycles. The summed E-state index contributed by atoms with van der Waals surface area (Å²) >= 11 is 1.40. The van der Waals surface area contributed by atoms with E-state index in [4.69, 9.17) is 5.73 Å². The Balaban J connectivity index is 1.32. The van der Waals surface area contributed by atoms with Gasteiger partial charge >= 0.3 is 6.03 Å². The summed E-state index contributed by atoms with van der Waals surface area (Å²) in [5.74, 6) is -0.348. The van der Waals surface area contributed by atoms with E-state index in [1.807, 2.05) is 91.8 Å². The maximum Gasteiger partial charge on any atom is 0.332 e. The number of anilines is 2. The van der Waals surface area contributed by atoms with Crippen LogP contribution in [-0.2, 0) is 29.1 Å². The molecule has 0 bridgehead atoms. The number of nitrogen functional groups attached to an aromatic ring is 1. The average molecular weight is 639 g/mol. The predicted octanol–water partition coefficient (Wildman–Crippen LogP) is 3.68. The van der Waals surface area contributed by atoms with Crippen LogP contribution in [0.15, 0.2) is 85.5 Å². The van der Waals surface area contributed by atoms with Crippen LogP contribution < -0.4 is 16.0 Å². The van der Waals surface area contributed by atoms with E-state index in [2.05, 4.69) is 16.9 Å². The molecule has 0 aliphatic carbocycles. The third-order valence-corrected chi connectivity index (χ3v) is 9.31. The highest BCUT2D eigenvalue weighted by Crippen LogP contribution is 2.32. The van der Waals surface area contributed by atoms with E-state index in [9.17, 15) is 14.4 Å². The van der Waals surface area contributed by atoms with Crippen molar-refractivity contribution in [1.82, 2.24) is 30.1 Å². The number of hydrazine groups is 1. The summed E-state index contributed by atoms with van der Waals surface area (Å²) in [6.45, 7) is 4.88. The number of nitrogens with one attached hydrogen (secondary N) is 1. The molecule has 46 heavy (non-hydrogen) atoms. The van der Waals surface area contributed by atoms with E-state index in [0.29, 0.717) is 24.6 Å². The quantitative estimate of drug-likeness (QED) is 0.255. The molecule has 2 aliphatic heterocycles. The number of piperazine rings is 1. The summed E-state index contributed by atoms with van der Waals surface area (Å²) in [6.07, 6.45) is 1.42. The molecular formula is C34H38N8O3S. The molecule has 2 atom stereocenters. The first-order valence-corrected chi connectivity index (χ1v) is 16.0. The van der Waals surface area contributed by atoms with Gasteiger partial charge < -0.3 is 25.8 Å². The Hall–Kier alpha value is -4.94. The minimum atomic E-state index is -0.751. The van der Waals surface area contributed by atoms with Gasteiger partial charge in [-0.2, -0.15) is 5.01 Å². The number of thiazole rings is 1. The van der Waals surface area contributed by atoms with Crippen LogP contribution in [0, 0.1) is 0 Å². The Morgan fingerprint density at radius 3 is 2.54 bits per heavy atom. The molecule has 12 heteroatoms. The van der Waals surface area contributed by atoms with Gasteiger partial charge in [-0.15, -0.1) is 6.58 Å². The number of para-hydroxylation sites is 1. The molecule has 0 unspecified atom stereocenters. The topological polar surface area (TPSA) is 118 Å². The molecule has 2 fully saturated rings. The first-order chi connectivity index (χ1) is 22.2. The zero-order valence-corrected chi connectivity index (χ0v) is 26.8. The minimum absolute atomic E-state index is 0.0351. The molecular weight excluding hydrogens is 600 g/mol. The number of hydrogen-bond acceptors (Lipinski definition) is 8. The highest BCUT2D eigenvalue weighted by Gasteiger charge is 2.52. The molecule has 6 rings (SSSR count). The van der Waals surface area contributed by atoms with Crippen LogP contribution in [0.1, 0.15) is 16.7 Å². The van der Waals surface area contributed by atoms with Crippen molar-refractivity contribution in [2.75, 3.05) is 44.4 Å². The lowest BCUT2D eigenvalue weighted by Gasteiger charge is -2.46. The number of carbonyl (C=O) groups is 3. The largest absolute Gasteiger partial charge is 0.378 e. The van der Waals surface area contributed by atoms with Crippen molar-refractivity contribution in [2.45, 2.75) is 31.7 Å². The Bertz CT molecular complexity index is 1740. The van der Waals surface area contributed by atoms with E-state index in [1.54, 1.807) is 20.9 Å². The van der Waals surface area contributed by atoms with Gasteiger partial charge in [0.1, 0.15) is 12.2 Å². The average Bonchev–Trinajstić information content (AvgIpc) is 3.60. The van der Waals surface area contributed by atoms with Crippen molar-refractivity contribution < 1.29 is 14.4 Å². The van der Waals surface area contributed by atoms with Gasteiger partial charge in [-0.05, 0) is 34.9 Å². The number of benzene rings is 3. The zero-order valence-electron chi connectivity index (χ0n) is 26.0. The number of fused-ring (bicyclic) bond motifs is 2. The van der Waals surface area contributed by atoms with Crippen molar-refractivity contribution in [2.24, 2.45) is 0 Å². The SMILES string of the molecule is C=CCN(C(=O)NCc1ccccc1)N1CC(=O)N2[C@@H](Cc3ccc(N(C)C)cc3)C(=O)N(Cc3cccc4sc(N)nc34)C[C@@H]21. The second-order valence-electron chi connectivity index (χ2n) is 11.7. The maximum atomic E-state index is 14.3. The van der Waals surface area contributed by atoms with Crippen molar-refractivity contribution in [1.29, 1.82) is 0 Å². The number of nitrogens with zero attached hydrogens (tertiary/aromatic N) is 6. The van der Waals surface area contributed by atoms with Crippen LogP contribution >= 0.6 is 11.3 Å². The fraction of sp³-hybridized carbons (Fsp3) is 0.294. The highest BCUT2D eigenvalue weighted by atomic mass is 32.1. The number of aromatic nitrogens is 1. The number of nitrogens with two attached hydrogens (primary N) is 1. The fourth-order valence-electron chi connectivity index (χ4n) is 6.19. The summed E-state index contributed by atoms with van der Waals surface area (Å²) in [6, 6.07) is 22.4.